The topological polar surface area (TPSA) is 77.9 Å². The first-order valence-electron chi connectivity index (χ1n) is 4.79. The average Bonchev–Trinajstić information content (AvgIpc) is 2.10. The van der Waals surface area contributed by atoms with Crippen molar-refractivity contribution in [2.24, 2.45) is 11.0 Å². The number of nitrogens with one attached hydrogen (secondary N) is 1. The molecule has 0 fully saturated rings. The normalized spacial score (nSPS) is 12.7. The largest absolute Gasteiger partial charge is 0.305 e. The van der Waals surface area contributed by atoms with Gasteiger partial charge in [0.1, 0.15) is 0 Å². The van der Waals surface area contributed by atoms with Gasteiger partial charge in [0, 0.05) is 23.4 Å². The molecule has 0 bridgehead atoms. The zero-order valence-corrected chi connectivity index (χ0v) is 9.19. The Labute approximate surface area is 84.5 Å². The number of nitrogens with zero attached hydrogens (tertiary/aromatic N) is 3. The summed E-state index contributed by atoms with van der Waals surface area (Å²) in [4.78, 5) is 14.3. The lowest BCUT2D eigenvalue weighted by Gasteiger charge is -2.19. The molecule has 5 nitrogen and oxygen atoms in total. The van der Waals surface area contributed by atoms with E-state index in [0.717, 1.165) is 0 Å². The molecule has 0 radical (unpaired) electrons. The molecule has 0 aromatic rings. The highest BCUT2D eigenvalue weighted by atomic mass is 16.1. The van der Waals surface area contributed by atoms with E-state index in [1.807, 2.05) is 27.7 Å². The molecular weight excluding hydrogens is 180 g/mol. The smallest absolute Gasteiger partial charge is 0.152 e. The van der Waals surface area contributed by atoms with Crippen LogP contribution in [0.15, 0.2) is 5.11 Å². The maximum atomic E-state index is 11.6. The standard InChI is InChI=1S/C9H18N4O/c1-6(2)9(14)8(5-11-13-10)12-7(3)4/h6-8,12H,5H2,1-4H3/t8-/m0/s1. The molecule has 0 saturated heterocycles. The number of azide groups is 1. The predicted molar refractivity (Wildman–Crippen MR) is 55.9 cm³/mol. The molecule has 0 aliphatic carbocycles. The van der Waals surface area contributed by atoms with Crippen LogP contribution in [0.3, 0.4) is 0 Å². The first-order valence-corrected chi connectivity index (χ1v) is 4.79. The van der Waals surface area contributed by atoms with Gasteiger partial charge in [-0.15, -0.1) is 0 Å². The van der Waals surface area contributed by atoms with Gasteiger partial charge in [0.25, 0.3) is 0 Å². The van der Waals surface area contributed by atoms with Gasteiger partial charge in [0.15, 0.2) is 5.78 Å². The van der Waals surface area contributed by atoms with Gasteiger partial charge in [-0.05, 0) is 5.53 Å². The zero-order valence-electron chi connectivity index (χ0n) is 9.19. The fourth-order valence-corrected chi connectivity index (χ4v) is 1.15. The molecule has 0 unspecified atom stereocenters. The van der Waals surface area contributed by atoms with Crippen LogP contribution >= 0.6 is 0 Å². The second-order valence-electron chi connectivity index (χ2n) is 3.84. The molecule has 0 aromatic heterocycles. The van der Waals surface area contributed by atoms with Crippen molar-refractivity contribution in [3.05, 3.63) is 10.4 Å². The summed E-state index contributed by atoms with van der Waals surface area (Å²) in [5.74, 6) is 0.0474. The number of Topliss-reactive ketones (excluding diaryl/α,β-unsaturated/α-hetero) is 1. The molecule has 0 spiro atoms. The number of ketones is 1. The van der Waals surface area contributed by atoms with Gasteiger partial charge >= 0.3 is 0 Å². The summed E-state index contributed by atoms with van der Waals surface area (Å²) >= 11 is 0. The summed E-state index contributed by atoms with van der Waals surface area (Å²) < 4.78 is 0. The number of rotatable bonds is 6. The molecule has 80 valence electrons. The van der Waals surface area contributed by atoms with E-state index in [2.05, 4.69) is 15.3 Å². The molecule has 0 amide bonds. The van der Waals surface area contributed by atoms with E-state index >= 15 is 0 Å². The third-order valence-electron chi connectivity index (χ3n) is 1.77. The van der Waals surface area contributed by atoms with Crippen LogP contribution in [-0.4, -0.2) is 24.4 Å². The van der Waals surface area contributed by atoms with E-state index in [1.54, 1.807) is 0 Å². The average molecular weight is 198 g/mol. The van der Waals surface area contributed by atoms with Crippen LogP contribution < -0.4 is 5.32 Å². The van der Waals surface area contributed by atoms with Gasteiger partial charge in [-0.1, -0.05) is 32.8 Å². The number of hydrogen-bond acceptors (Lipinski definition) is 3. The molecule has 0 heterocycles. The monoisotopic (exact) mass is 198 g/mol. The molecule has 1 N–H and O–H groups in total. The Kier molecular flexibility index (Phi) is 5.92. The van der Waals surface area contributed by atoms with Crippen LogP contribution in [-0.2, 0) is 4.79 Å². The van der Waals surface area contributed by atoms with E-state index in [-0.39, 0.29) is 30.3 Å². The summed E-state index contributed by atoms with van der Waals surface area (Å²) in [6.07, 6.45) is 0. The number of hydrogen-bond donors (Lipinski definition) is 1. The van der Waals surface area contributed by atoms with Crippen molar-refractivity contribution in [1.82, 2.24) is 5.32 Å². The van der Waals surface area contributed by atoms with Crippen LogP contribution in [0.5, 0.6) is 0 Å². The predicted octanol–water partition coefficient (Wildman–Crippen LogP) is 1.89. The van der Waals surface area contributed by atoms with Crippen molar-refractivity contribution in [3.63, 3.8) is 0 Å². The zero-order chi connectivity index (χ0) is 11.1. The van der Waals surface area contributed by atoms with Gasteiger partial charge in [-0.2, -0.15) is 0 Å². The van der Waals surface area contributed by atoms with Gasteiger partial charge in [0.05, 0.1) is 6.04 Å². The second kappa shape index (κ2) is 6.40. The van der Waals surface area contributed by atoms with Crippen molar-refractivity contribution >= 4 is 5.78 Å². The summed E-state index contributed by atoms with van der Waals surface area (Å²) in [6, 6.07) is -0.150. The minimum absolute atomic E-state index is 0.0415. The highest BCUT2D eigenvalue weighted by molar-refractivity contribution is 5.86. The third kappa shape index (κ3) is 4.84. The Hall–Kier alpha value is -1.06. The van der Waals surface area contributed by atoms with Gasteiger partial charge in [-0.3, -0.25) is 4.79 Å². The Morgan fingerprint density at radius 1 is 1.43 bits per heavy atom. The number of carbonyl (C=O) groups excluding carboxylic acids is 1. The lowest BCUT2D eigenvalue weighted by molar-refractivity contribution is -0.123. The van der Waals surface area contributed by atoms with E-state index < -0.39 is 0 Å². The third-order valence-corrected chi connectivity index (χ3v) is 1.77. The highest BCUT2D eigenvalue weighted by Gasteiger charge is 2.20. The Bertz CT molecular complexity index is 231. The van der Waals surface area contributed by atoms with Crippen molar-refractivity contribution in [3.8, 4) is 0 Å². The van der Waals surface area contributed by atoms with Crippen LogP contribution in [0.2, 0.25) is 0 Å². The molecule has 1 atom stereocenters. The maximum absolute atomic E-state index is 11.6. The van der Waals surface area contributed by atoms with E-state index in [0.29, 0.717) is 0 Å². The van der Waals surface area contributed by atoms with Crippen molar-refractivity contribution in [1.29, 1.82) is 0 Å². The van der Waals surface area contributed by atoms with E-state index in [4.69, 9.17) is 5.53 Å². The van der Waals surface area contributed by atoms with Gasteiger partial charge in [-0.25, -0.2) is 0 Å². The van der Waals surface area contributed by atoms with Crippen LogP contribution in [0.25, 0.3) is 10.4 Å². The van der Waals surface area contributed by atoms with Crippen LogP contribution in [0.1, 0.15) is 27.7 Å². The number of carbonyl (C=O) groups is 1. The molecule has 0 aliphatic rings. The lowest BCUT2D eigenvalue weighted by atomic mass is 10.0. The van der Waals surface area contributed by atoms with Gasteiger partial charge in [0.2, 0.25) is 0 Å². The molecule has 5 heteroatoms. The molecule has 0 saturated carbocycles. The molecule has 14 heavy (non-hydrogen) atoms. The molecule has 0 aliphatic heterocycles. The quantitative estimate of drug-likeness (QED) is 0.402. The fraction of sp³-hybridized carbons (Fsp3) is 0.889. The first-order chi connectivity index (χ1) is 6.49. The highest BCUT2D eigenvalue weighted by Crippen LogP contribution is 2.02. The van der Waals surface area contributed by atoms with Crippen LogP contribution in [0, 0.1) is 5.92 Å². The summed E-state index contributed by atoms with van der Waals surface area (Å²) in [5, 5.41) is 6.51. The lowest BCUT2D eigenvalue weighted by Crippen LogP contribution is -2.44. The maximum Gasteiger partial charge on any atom is 0.152 e. The summed E-state index contributed by atoms with van der Waals surface area (Å²) in [7, 11) is 0. The second-order valence-corrected chi connectivity index (χ2v) is 3.84. The van der Waals surface area contributed by atoms with Crippen molar-refractivity contribution in [2.75, 3.05) is 6.54 Å². The minimum Gasteiger partial charge on any atom is -0.305 e. The summed E-state index contributed by atoms with van der Waals surface area (Å²) in [5.41, 5.74) is 8.19. The van der Waals surface area contributed by atoms with Crippen molar-refractivity contribution in [2.45, 2.75) is 39.8 Å². The summed E-state index contributed by atoms with van der Waals surface area (Å²) in [6.45, 7) is 7.78. The SMILES string of the molecule is CC(C)N[C@@H](CN=[N+]=[N-])C(=O)C(C)C. The molecule has 0 aromatic carbocycles. The Balaban J connectivity index is 4.37. The van der Waals surface area contributed by atoms with Crippen LogP contribution in [0.4, 0.5) is 0 Å². The van der Waals surface area contributed by atoms with E-state index in [9.17, 15) is 4.79 Å². The molecular formula is C9H18N4O. The fourth-order valence-electron chi connectivity index (χ4n) is 1.15. The minimum atomic E-state index is -0.356. The van der Waals surface area contributed by atoms with E-state index in [1.165, 1.54) is 0 Å². The van der Waals surface area contributed by atoms with Crippen molar-refractivity contribution < 1.29 is 4.79 Å². The Morgan fingerprint density at radius 2 is 2.00 bits per heavy atom. The van der Waals surface area contributed by atoms with Gasteiger partial charge < -0.3 is 5.32 Å². The molecule has 0 rings (SSSR count). The Morgan fingerprint density at radius 3 is 2.36 bits per heavy atom. The first kappa shape index (κ1) is 12.9.